The number of hydrogen-bond donors (Lipinski definition) is 2. The Morgan fingerprint density at radius 1 is 1.33 bits per heavy atom. The van der Waals surface area contributed by atoms with E-state index in [-0.39, 0.29) is 11.4 Å². The van der Waals surface area contributed by atoms with Crippen LogP contribution in [0.15, 0.2) is 24.3 Å². The van der Waals surface area contributed by atoms with Gasteiger partial charge < -0.3 is 10.6 Å². The van der Waals surface area contributed by atoms with Crippen LogP contribution in [0.5, 0.6) is 0 Å². The Morgan fingerprint density at radius 3 is 2.67 bits per heavy atom. The highest BCUT2D eigenvalue weighted by Crippen LogP contribution is 2.14. The van der Waals surface area contributed by atoms with Crippen LogP contribution in [0, 0.1) is 6.92 Å². The molecule has 0 spiro atoms. The summed E-state index contributed by atoms with van der Waals surface area (Å²) < 4.78 is 0. The Balaban J connectivity index is 2.48. The second-order valence-electron chi connectivity index (χ2n) is 5.45. The SMILES string of the molecule is CNCC(=O)NC(C)(C)CCc1cccc(C)c1. The summed E-state index contributed by atoms with van der Waals surface area (Å²) in [6.45, 7) is 6.60. The summed E-state index contributed by atoms with van der Waals surface area (Å²) in [6, 6.07) is 8.52. The highest BCUT2D eigenvalue weighted by Gasteiger charge is 2.19. The van der Waals surface area contributed by atoms with Gasteiger partial charge in [-0.25, -0.2) is 0 Å². The number of carbonyl (C=O) groups excluding carboxylic acids is 1. The van der Waals surface area contributed by atoms with Gasteiger partial charge in [0.15, 0.2) is 0 Å². The quantitative estimate of drug-likeness (QED) is 0.809. The van der Waals surface area contributed by atoms with E-state index in [0.29, 0.717) is 6.54 Å². The molecule has 0 saturated carbocycles. The van der Waals surface area contributed by atoms with E-state index in [1.807, 2.05) is 0 Å². The molecule has 0 aliphatic carbocycles. The van der Waals surface area contributed by atoms with E-state index in [2.05, 4.69) is 55.7 Å². The molecule has 3 nitrogen and oxygen atoms in total. The molecule has 0 fully saturated rings. The van der Waals surface area contributed by atoms with Crippen molar-refractivity contribution in [1.29, 1.82) is 0 Å². The third-order valence-electron chi connectivity index (χ3n) is 2.94. The molecule has 100 valence electrons. The fraction of sp³-hybridized carbons (Fsp3) is 0.533. The second kappa shape index (κ2) is 6.55. The fourth-order valence-electron chi connectivity index (χ4n) is 1.97. The number of benzene rings is 1. The van der Waals surface area contributed by atoms with Gasteiger partial charge >= 0.3 is 0 Å². The molecule has 1 amide bonds. The van der Waals surface area contributed by atoms with Crippen LogP contribution in [0.2, 0.25) is 0 Å². The molecule has 3 heteroatoms. The zero-order valence-corrected chi connectivity index (χ0v) is 11.8. The van der Waals surface area contributed by atoms with Gasteiger partial charge in [-0.05, 0) is 46.2 Å². The van der Waals surface area contributed by atoms with Crippen LogP contribution in [0.25, 0.3) is 0 Å². The molecule has 0 radical (unpaired) electrons. The van der Waals surface area contributed by atoms with Gasteiger partial charge in [-0.15, -0.1) is 0 Å². The first-order valence-corrected chi connectivity index (χ1v) is 6.44. The molecule has 0 aromatic heterocycles. The monoisotopic (exact) mass is 248 g/mol. The second-order valence-corrected chi connectivity index (χ2v) is 5.45. The Bertz CT molecular complexity index is 399. The molecular formula is C15H24N2O. The summed E-state index contributed by atoms with van der Waals surface area (Å²) in [5.74, 6) is 0.0479. The van der Waals surface area contributed by atoms with Gasteiger partial charge in [0.1, 0.15) is 0 Å². The predicted molar refractivity (Wildman–Crippen MR) is 75.6 cm³/mol. The van der Waals surface area contributed by atoms with Gasteiger partial charge in [0.25, 0.3) is 0 Å². The van der Waals surface area contributed by atoms with Crippen molar-refractivity contribution in [2.24, 2.45) is 0 Å². The Hall–Kier alpha value is -1.35. The topological polar surface area (TPSA) is 41.1 Å². The molecule has 0 atom stereocenters. The number of likely N-dealkylation sites (N-methyl/N-ethyl adjacent to an activating group) is 1. The summed E-state index contributed by atoms with van der Waals surface area (Å²) >= 11 is 0. The maximum absolute atomic E-state index is 11.6. The summed E-state index contributed by atoms with van der Waals surface area (Å²) in [5.41, 5.74) is 2.44. The number of nitrogens with one attached hydrogen (secondary N) is 2. The molecule has 0 bridgehead atoms. The predicted octanol–water partition coefficient (Wildman–Crippen LogP) is 2.04. The van der Waals surface area contributed by atoms with Crippen LogP contribution in [-0.4, -0.2) is 25.0 Å². The molecule has 0 saturated heterocycles. The standard InChI is InChI=1S/C15H24N2O/c1-12-6-5-7-13(10-12)8-9-15(2,3)17-14(18)11-16-4/h5-7,10,16H,8-9,11H2,1-4H3,(H,17,18). The number of aryl methyl sites for hydroxylation is 2. The van der Waals surface area contributed by atoms with E-state index in [9.17, 15) is 4.79 Å². The highest BCUT2D eigenvalue weighted by molar-refractivity contribution is 5.78. The molecule has 0 aliphatic rings. The molecule has 1 aromatic rings. The summed E-state index contributed by atoms with van der Waals surface area (Å²) in [7, 11) is 1.78. The lowest BCUT2D eigenvalue weighted by Crippen LogP contribution is -2.46. The van der Waals surface area contributed by atoms with Crippen LogP contribution in [-0.2, 0) is 11.2 Å². The first-order chi connectivity index (χ1) is 8.43. The Morgan fingerprint density at radius 2 is 2.06 bits per heavy atom. The van der Waals surface area contributed by atoms with E-state index in [0.717, 1.165) is 12.8 Å². The minimum absolute atomic E-state index is 0.0479. The van der Waals surface area contributed by atoms with Crippen molar-refractivity contribution in [1.82, 2.24) is 10.6 Å². The third-order valence-corrected chi connectivity index (χ3v) is 2.94. The molecule has 0 unspecified atom stereocenters. The Kier molecular flexibility index (Phi) is 5.35. The Labute approximate surface area is 110 Å². The van der Waals surface area contributed by atoms with Crippen molar-refractivity contribution in [3.05, 3.63) is 35.4 Å². The number of amides is 1. The summed E-state index contributed by atoms with van der Waals surface area (Å²) in [6.07, 6.45) is 1.92. The lowest BCUT2D eigenvalue weighted by molar-refractivity contribution is -0.121. The first-order valence-electron chi connectivity index (χ1n) is 6.44. The number of carbonyl (C=O) groups is 1. The third kappa shape index (κ3) is 5.32. The maximum Gasteiger partial charge on any atom is 0.234 e. The van der Waals surface area contributed by atoms with Crippen LogP contribution >= 0.6 is 0 Å². The van der Waals surface area contributed by atoms with Gasteiger partial charge in [0, 0.05) is 5.54 Å². The van der Waals surface area contributed by atoms with E-state index in [1.54, 1.807) is 7.05 Å². The maximum atomic E-state index is 11.6. The lowest BCUT2D eigenvalue weighted by atomic mass is 9.94. The van der Waals surface area contributed by atoms with Crippen molar-refractivity contribution in [3.63, 3.8) is 0 Å². The minimum atomic E-state index is -0.169. The first kappa shape index (κ1) is 14.7. The van der Waals surface area contributed by atoms with Crippen molar-refractivity contribution in [2.45, 2.75) is 39.2 Å². The van der Waals surface area contributed by atoms with Crippen LogP contribution in [0.4, 0.5) is 0 Å². The molecule has 1 rings (SSSR count). The van der Waals surface area contributed by atoms with Gasteiger partial charge in [-0.3, -0.25) is 4.79 Å². The van der Waals surface area contributed by atoms with Crippen LogP contribution in [0.3, 0.4) is 0 Å². The van der Waals surface area contributed by atoms with Gasteiger partial charge in [0.2, 0.25) is 5.91 Å². The molecule has 1 aromatic carbocycles. The zero-order chi connectivity index (χ0) is 13.6. The normalized spacial score (nSPS) is 11.3. The number of hydrogen-bond acceptors (Lipinski definition) is 2. The average Bonchev–Trinajstić information content (AvgIpc) is 2.26. The summed E-state index contributed by atoms with van der Waals surface area (Å²) in [4.78, 5) is 11.6. The molecule has 0 heterocycles. The molecule has 0 aliphatic heterocycles. The van der Waals surface area contributed by atoms with Gasteiger partial charge in [-0.1, -0.05) is 29.8 Å². The lowest BCUT2D eigenvalue weighted by Gasteiger charge is -2.26. The van der Waals surface area contributed by atoms with Crippen molar-refractivity contribution in [3.8, 4) is 0 Å². The van der Waals surface area contributed by atoms with Crippen LogP contribution < -0.4 is 10.6 Å². The zero-order valence-electron chi connectivity index (χ0n) is 11.8. The van der Waals surface area contributed by atoms with Crippen molar-refractivity contribution < 1.29 is 4.79 Å². The summed E-state index contributed by atoms with van der Waals surface area (Å²) in [5, 5.41) is 5.90. The smallest absolute Gasteiger partial charge is 0.234 e. The van der Waals surface area contributed by atoms with E-state index in [1.165, 1.54) is 11.1 Å². The van der Waals surface area contributed by atoms with E-state index in [4.69, 9.17) is 0 Å². The molecule has 18 heavy (non-hydrogen) atoms. The van der Waals surface area contributed by atoms with E-state index >= 15 is 0 Å². The van der Waals surface area contributed by atoms with Gasteiger partial charge in [0.05, 0.1) is 6.54 Å². The minimum Gasteiger partial charge on any atom is -0.350 e. The van der Waals surface area contributed by atoms with E-state index < -0.39 is 0 Å². The van der Waals surface area contributed by atoms with Crippen molar-refractivity contribution in [2.75, 3.05) is 13.6 Å². The van der Waals surface area contributed by atoms with Gasteiger partial charge in [-0.2, -0.15) is 0 Å². The average molecular weight is 248 g/mol. The van der Waals surface area contributed by atoms with Crippen molar-refractivity contribution >= 4 is 5.91 Å². The largest absolute Gasteiger partial charge is 0.350 e. The molecule has 2 N–H and O–H groups in total. The number of rotatable bonds is 6. The van der Waals surface area contributed by atoms with Crippen LogP contribution in [0.1, 0.15) is 31.4 Å². The fourth-order valence-corrected chi connectivity index (χ4v) is 1.97. The molecular weight excluding hydrogens is 224 g/mol. The highest BCUT2D eigenvalue weighted by atomic mass is 16.2.